The molecule has 0 rings (SSSR count). The van der Waals surface area contributed by atoms with Gasteiger partial charge in [-0.15, -0.1) is 0 Å². The molecule has 0 saturated heterocycles. The first-order chi connectivity index (χ1) is 8.24. The van der Waals surface area contributed by atoms with Crippen LogP contribution in [0.15, 0.2) is 0 Å². The summed E-state index contributed by atoms with van der Waals surface area (Å²) in [6, 6.07) is 0. The summed E-state index contributed by atoms with van der Waals surface area (Å²) < 4.78 is 0. The molecule has 0 saturated carbocycles. The zero-order chi connectivity index (χ0) is 13.0. The van der Waals surface area contributed by atoms with Gasteiger partial charge in [0.25, 0.3) is 0 Å². The molecule has 0 spiro atoms. The van der Waals surface area contributed by atoms with Crippen LogP contribution in [0.25, 0.3) is 0 Å². The van der Waals surface area contributed by atoms with E-state index in [2.05, 4.69) is 27.7 Å². The molecule has 0 fully saturated rings. The highest BCUT2D eigenvalue weighted by Crippen LogP contribution is 2.61. The second-order valence-corrected chi connectivity index (χ2v) is 10.1. The van der Waals surface area contributed by atoms with Gasteiger partial charge in [-0.2, -0.15) is 0 Å². The van der Waals surface area contributed by atoms with Crippen molar-refractivity contribution in [3.63, 3.8) is 0 Å². The van der Waals surface area contributed by atoms with Crippen molar-refractivity contribution in [3.8, 4) is 0 Å². The molecular formula is C16H37P. The summed E-state index contributed by atoms with van der Waals surface area (Å²) >= 11 is 0. The fraction of sp³-hybridized carbons (Fsp3) is 1.00. The Morgan fingerprint density at radius 2 is 0.765 bits per heavy atom. The Morgan fingerprint density at radius 3 is 0.941 bits per heavy atom. The Bertz CT molecular complexity index is 122. The molecule has 1 heteroatoms. The molecule has 0 N–H and O–H groups in total. The van der Waals surface area contributed by atoms with Crippen LogP contribution in [0.1, 0.15) is 80.5 Å². The van der Waals surface area contributed by atoms with Gasteiger partial charge in [0.1, 0.15) is 0 Å². The van der Waals surface area contributed by atoms with E-state index in [4.69, 9.17) is 0 Å². The lowest BCUT2D eigenvalue weighted by Gasteiger charge is -2.28. The minimum atomic E-state index is -0.562. The molecule has 0 unspecified atom stereocenters. The summed E-state index contributed by atoms with van der Waals surface area (Å²) in [5.74, 6) is 0. The van der Waals surface area contributed by atoms with Crippen LogP contribution in [0.2, 0.25) is 0 Å². The van der Waals surface area contributed by atoms with E-state index in [1.165, 1.54) is 51.4 Å². The fourth-order valence-electron chi connectivity index (χ4n) is 2.64. The van der Waals surface area contributed by atoms with Crippen molar-refractivity contribution in [2.24, 2.45) is 0 Å². The third-order valence-corrected chi connectivity index (χ3v) is 9.00. The van der Waals surface area contributed by atoms with E-state index >= 15 is 0 Å². The topological polar surface area (TPSA) is 0 Å². The van der Waals surface area contributed by atoms with Crippen LogP contribution < -0.4 is 0 Å². The number of hydrogen-bond donors (Lipinski definition) is 0. The van der Waals surface area contributed by atoms with Crippen LogP contribution in [-0.2, 0) is 0 Å². The third kappa shape index (κ3) is 8.20. The van der Waals surface area contributed by atoms with Gasteiger partial charge >= 0.3 is 0 Å². The molecule has 106 valence electrons. The van der Waals surface area contributed by atoms with E-state index in [0.29, 0.717) is 0 Å². The first-order valence-corrected chi connectivity index (χ1v) is 10.6. The number of unbranched alkanes of at least 4 members (excludes halogenated alkanes) is 4. The Labute approximate surface area is 113 Å². The van der Waals surface area contributed by atoms with Gasteiger partial charge in [-0.1, -0.05) is 53.4 Å². The Hall–Kier alpha value is 0.430. The molecule has 0 atom stereocenters. The highest BCUT2D eigenvalue weighted by atomic mass is 31.2. The van der Waals surface area contributed by atoms with Crippen molar-refractivity contribution in [1.29, 1.82) is 0 Å². The standard InChI is InChI=1S/C16H36P.H/c1-5-9-13-17(14-10-6-2,15-11-7-3)16-12-8-4;/h5-16H2,1-4H3;/q+1;-1. The highest BCUT2D eigenvalue weighted by Gasteiger charge is 2.34. The summed E-state index contributed by atoms with van der Waals surface area (Å²) in [5.41, 5.74) is 0. The van der Waals surface area contributed by atoms with Crippen molar-refractivity contribution in [3.05, 3.63) is 0 Å². The van der Waals surface area contributed by atoms with Crippen molar-refractivity contribution in [2.45, 2.75) is 79.1 Å². The normalized spacial score (nSPS) is 12.0. The molecule has 0 bridgehead atoms. The number of hydrogen-bond acceptors (Lipinski definition) is 0. The lowest BCUT2D eigenvalue weighted by atomic mass is 10.4. The minimum Gasteiger partial charge on any atom is -1.00 e. The molecule has 0 aromatic heterocycles. The van der Waals surface area contributed by atoms with Crippen LogP contribution in [-0.4, -0.2) is 24.6 Å². The van der Waals surface area contributed by atoms with E-state index in [0.717, 1.165) is 0 Å². The fourth-order valence-corrected chi connectivity index (χ4v) is 7.93. The Balaban J connectivity index is 0. The second-order valence-electron chi connectivity index (χ2n) is 5.65. The van der Waals surface area contributed by atoms with Crippen molar-refractivity contribution < 1.29 is 1.43 Å². The molecule has 0 aliphatic carbocycles. The largest absolute Gasteiger partial charge is 1.00 e. The van der Waals surface area contributed by atoms with Crippen LogP contribution in [0.3, 0.4) is 0 Å². The lowest BCUT2D eigenvalue weighted by molar-refractivity contribution is 0.814. The molecule has 0 aromatic rings. The first-order valence-electron chi connectivity index (χ1n) is 8.09. The van der Waals surface area contributed by atoms with Gasteiger partial charge in [0.05, 0.1) is 24.6 Å². The SMILES string of the molecule is CCCC[P+](CCCC)(CCCC)CCCC.[H-]. The van der Waals surface area contributed by atoms with Gasteiger partial charge in [-0.05, 0) is 25.7 Å². The molecule has 0 aliphatic heterocycles. The monoisotopic (exact) mass is 260 g/mol. The molecule has 0 radical (unpaired) electrons. The average Bonchev–Trinajstić information content (AvgIpc) is 2.37. The van der Waals surface area contributed by atoms with E-state index in [-0.39, 0.29) is 1.43 Å². The van der Waals surface area contributed by atoms with Crippen LogP contribution >= 0.6 is 7.26 Å². The molecule has 0 nitrogen and oxygen atoms in total. The van der Waals surface area contributed by atoms with Gasteiger partial charge in [0.15, 0.2) is 0 Å². The van der Waals surface area contributed by atoms with Crippen LogP contribution in [0.5, 0.6) is 0 Å². The van der Waals surface area contributed by atoms with E-state index in [1.807, 2.05) is 0 Å². The lowest BCUT2D eigenvalue weighted by Crippen LogP contribution is -2.12. The molecular weight excluding hydrogens is 223 g/mol. The maximum Gasteiger partial charge on any atom is 0.0594 e. The molecule has 17 heavy (non-hydrogen) atoms. The predicted molar refractivity (Wildman–Crippen MR) is 87.1 cm³/mol. The Morgan fingerprint density at radius 1 is 0.529 bits per heavy atom. The van der Waals surface area contributed by atoms with Gasteiger partial charge in [0.2, 0.25) is 0 Å². The predicted octanol–water partition coefficient (Wildman–Crippen LogP) is 6.32. The maximum atomic E-state index is 2.36. The third-order valence-electron chi connectivity index (χ3n) is 3.94. The minimum absolute atomic E-state index is 0. The summed E-state index contributed by atoms with van der Waals surface area (Å²) in [7, 11) is -0.562. The molecule has 0 aliphatic rings. The van der Waals surface area contributed by atoms with Crippen LogP contribution in [0, 0.1) is 0 Å². The summed E-state index contributed by atoms with van der Waals surface area (Å²) in [6.45, 7) is 9.42. The summed E-state index contributed by atoms with van der Waals surface area (Å²) in [4.78, 5) is 0. The highest BCUT2D eigenvalue weighted by molar-refractivity contribution is 7.75. The summed E-state index contributed by atoms with van der Waals surface area (Å²) in [5, 5.41) is 0. The van der Waals surface area contributed by atoms with Gasteiger partial charge in [-0.3, -0.25) is 0 Å². The maximum absolute atomic E-state index is 2.36. The molecule has 0 amide bonds. The molecule has 0 aromatic carbocycles. The van der Waals surface area contributed by atoms with E-state index in [9.17, 15) is 0 Å². The van der Waals surface area contributed by atoms with Crippen molar-refractivity contribution >= 4 is 7.26 Å². The summed E-state index contributed by atoms with van der Waals surface area (Å²) in [6.07, 6.45) is 17.9. The van der Waals surface area contributed by atoms with Crippen molar-refractivity contribution in [2.75, 3.05) is 24.6 Å². The van der Waals surface area contributed by atoms with Gasteiger partial charge in [0, 0.05) is 7.26 Å². The van der Waals surface area contributed by atoms with Gasteiger partial charge in [-0.25, -0.2) is 0 Å². The second kappa shape index (κ2) is 11.5. The zero-order valence-electron chi connectivity index (χ0n) is 13.9. The quantitative estimate of drug-likeness (QED) is 0.360. The van der Waals surface area contributed by atoms with E-state index in [1.54, 1.807) is 24.6 Å². The number of rotatable bonds is 12. The van der Waals surface area contributed by atoms with Crippen molar-refractivity contribution in [1.82, 2.24) is 0 Å². The molecule has 0 heterocycles. The zero-order valence-corrected chi connectivity index (χ0v) is 13.8. The Kier molecular flexibility index (Phi) is 11.8. The average molecular weight is 260 g/mol. The van der Waals surface area contributed by atoms with Crippen LogP contribution in [0.4, 0.5) is 0 Å². The smallest absolute Gasteiger partial charge is 0.0594 e. The van der Waals surface area contributed by atoms with E-state index < -0.39 is 7.26 Å². The first kappa shape index (κ1) is 17.4. The van der Waals surface area contributed by atoms with Gasteiger partial charge < -0.3 is 1.43 Å².